The Kier molecular flexibility index (Phi) is 3.22. The highest BCUT2D eigenvalue weighted by atomic mass is 16.2. The van der Waals surface area contributed by atoms with Gasteiger partial charge in [0.25, 0.3) is 5.91 Å². The van der Waals surface area contributed by atoms with E-state index in [2.05, 4.69) is 18.8 Å². The maximum Gasteiger partial charge on any atom is 0.272 e. The van der Waals surface area contributed by atoms with Crippen molar-refractivity contribution in [1.29, 1.82) is 0 Å². The van der Waals surface area contributed by atoms with Crippen LogP contribution in [0.25, 0.3) is 0 Å². The van der Waals surface area contributed by atoms with Gasteiger partial charge in [0.2, 0.25) is 0 Å². The minimum Gasteiger partial charge on any atom is -0.337 e. The van der Waals surface area contributed by atoms with Gasteiger partial charge in [-0.1, -0.05) is 19.9 Å². The van der Waals surface area contributed by atoms with Crippen LogP contribution in [0.2, 0.25) is 0 Å². The zero-order valence-electron chi connectivity index (χ0n) is 9.94. The van der Waals surface area contributed by atoms with Crippen molar-refractivity contribution < 1.29 is 4.79 Å². The molecule has 1 aromatic heterocycles. The maximum atomic E-state index is 12.2. The quantitative estimate of drug-likeness (QED) is 0.764. The van der Waals surface area contributed by atoms with Crippen molar-refractivity contribution in [3.05, 3.63) is 29.6 Å². The Balaban J connectivity index is 2.28. The number of rotatable bonds is 2. The van der Waals surface area contributed by atoms with Gasteiger partial charge in [0.05, 0.1) is 0 Å². The fraction of sp³-hybridized carbons (Fsp3) is 0.538. The third-order valence-electron chi connectivity index (χ3n) is 3.06. The third-order valence-corrected chi connectivity index (χ3v) is 3.06. The highest BCUT2D eigenvalue weighted by Crippen LogP contribution is 2.20. The molecular formula is C13H18N2O. The zero-order valence-corrected chi connectivity index (χ0v) is 9.94. The van der Waals surface area contributed by atoms with Crippen molar-refractivity contribution in [1.82, 2.24) is 9.88 Å². The van der Waals surface area contributed by atoms with Crippen molar-refractivity contribution in [3.63, 3.8) is 0 Å². The molecule has 1 saturated heterocycles. The number of aromatic nitrogens is 1. The number of carbonyl (C=O) groups is 1. The first kappa shape index (κ1) is 11.1. The molecule has 16 heavy (non-hydrogen) atoms. The van der Waals surface area contributed by atoms with Gasteiger partial charge < -0.3 is 4.90 Å². The second-order valence-corrected chi connectivity index (χ2v) is 4.60. The summed E-state index contributed by atoms with van der Waals surface area (Å²) in [6.45, 7) is 5.95. The minimum atomic E-state index is 0.0989. The topological polar surface area (TPSA) is 33.2 Å². The predicted octanol–water partition coefficient (Wildman–Crippen LogP) is 2.44. The van der Waals surface area contributed by atoms with Crippen LogP contribution in [0, 0.1) is 0 Å². The van der Waals surface area contributed by atoms with Gasteiger partial charge in [0.1, 0.15) is 5.69 Å². The van der Waals surface area contributed by atoms with E-state index < -0.39 is 0 Å². The van der Waals surface area contributed by atoms with Gasteiger partial charge in [-0.3, -0.25) is 9.78 Å². The number of amides is 1. The van der Waals surface area contributed by atoms with Crippen LogP contribution in [0.15, 0.2) is 18.3 Å². The van der Waals surface area contributed by atoms with Crippen molar-refractivity contribution >= 4 is 5.91 Å². The van der Waals surface area contributed by atoms with Crippen molar-refractivity contribution in [2.24, 2.45) is 0 Å². The Morgan fingerprint density at radius 1 is 1.38 bits per heavy atom. The van der Waals surface area contributed by atoms with Crippen LogP contribution in [0.4, 0.5) is 0 Å². The Morgan fingerprint density at radius 3 is 2.69 bits per heavy atom. The molecule has 1 amide bonds. The summed E-state index contributed by atoms with van der Waals surface area (Å²) in [7, 11) is 0. The summed E-state index contributed by atoms with van der Waals surface area (Å²) < 4.78 is 0. The summed E-state index contributed by atoms with van der Waals surface area (Å²) in [5.74, 6) is 0.442. The summed E-state index contributed by atoms with van der Waals surface area (Å²) in [6, 6.07) is 3.90. The first-order valence-electron chi connectivity index (χ1n) is 5.94. The molecule has 0 atom stereocenters. The molecule has 0 saturated carbocycles. The SMILES string of the molecule is CC(C)c1cccnc1C(=O)N1CCCC1. The summed E-state index contributed by atoms with van der Waals surface area (Å²) in [6.07, 6.45) is 3.94. The first-order valence-corrected chi connectivity index (χ1v) is 5.94. The molecule has 1 fully saturated rings. The third kappa shape index (κ3) is 2.08. The lowest BCUT2D eigenvalue weighted by Crippen LogP contribution is -2.29. The van der Waals surface area contributed by atoms with E-state index in [1.807, 2.05) is 17.0 Å². The monoisotopic (exact) mass is 218 g/mol. The van der Waals surface area contributed by atoms with Crippen molar-refractivity contribution in [2.45, 2.75) is 32.6 Å². The van der Waals surface area contributed by atoms with E-state index in [1.54, 1.807) is 6.20 Å². The highest BCUT2D eigenvalue weighted by molar-refractivity contribution is 5.94. The second kappa shape index (κ2) is 4.64. The van der Waals surface area contributed by atoms with Gasteiger partial charge in [0.15, 0.2) is 0 Å². The second-order valence-electron chi connectivity index (χ2n) is 4.60. The summed E-state index contributed by atoms with van der Waals surface area (Å²) in [5.41, 5.74) is 1.69. The predicted molar refractivity (Wildman–Crippen MR) is 63.5 cm³/mol. The lowest BCUT2D eigenvalue weighted by Gasteiger charge is -2.17. The number of hydrogen-bond donors (Lipinski definition) is 0. The van der Waals surface area contributed by atoms with Crippen LogP contribution in [0.1, 0.15) is 48.7 Å². The van der Waals surface area contributed by atoms with E-state index in [0.29, 0.717) is 11.6 Å². The minimum absolute atomic E-state index is 0.0989. The van der Waals surface area contributed by atoms with E-state index in [4.69, 9.17) is 0 Å². The average Bonchev–Trinajstić information content (AvgIpc) is 2.81. The molecule has 0 bridgehead atoms. The number of likely N-dealkylation sites (tertiary alicyclic amines) is 1. The first-order chi connectivity index (χ1) is 7.70. The largest absolute Gasteiger partial charge is 0.337 e. The van der Waals surface area contributed by atoms with E-state index in [9.17, 15) is 4.79 Å². The molecule has 0 aliphatic carbocycles. The molecule has 3 nitrogen and oxygen atoms in total. The Bertz CT molecular complexity index is 381. The molecule has 0 spiro atoms. The molecular weight excluding hydrogens is 200 g/mol. The van der Waals surface area contributed by atoms with Gasteiger partial charge in [-0.2, -0.15) is 0 Å². The molecule has 2 heterocycles. The Morgan fingerprint density at radius 2 is 2.06 bits per heavy atom. The zero-order chi connectivity index (χ0) is 11.5. The van der Waals surface area contributed by atoms with Crippen LogP contribution >= 0.6 is 0 Å². The van der Waals surface area contributed by atoms with E-state index in [-0.39, 0.29) is 5.91 Å². The van der Waals surface area contributed by atoms with Gasteiger partial charge in [-0.25, -0.2) is 0 Å². The number of carbonyl (C=O) groups excluding carboxylic acids is 1. The van der Waals surface area contributed by atoms with Gasteiger partial charge in [0, 0.05) is 19.3 Å². The molecule has 0 aromatic carbocycles. The van der Waals surface area contributed by atoms with E-state index >= 15 is 0 Å². The molecule has 0 unspecified atom stereocenters. The molecule has 86 valence electrons. The smallest absolute Gasteiger partial charge is 0.272 e. The fourth-order valence-corrected chi connectivity index (χ4v) is 2.13. The lowest BCUT2D eigenvalue weighted by atomic mass is 10.0. The average molecular weight is 218 g/mol. The number of hydrogen-bond acceptors (Lipinski definition) is 2. The molecule has 2 rings (SSSR count). The van der Waals surface area contributed by atoms with E-state index in [0.717, 1.165) is 31.5 Å². The Labute approximate surface area is 96.5 Å². The van der Waals surface area contributed by atoms with Crippen LogP contribution < -0.4 is 0 Å². The van der Waals surface area contributed by atoms with Gasteiger partial charge in [-0.15, -0.1) is 0 Å². The van der Waals surface area contributed by atoms with Crippen LogP contribution in [-0.2, 0) is 0 Å². The lowest BCUT2D eigenvalue weighted by molar-refractivity contribution is 0.0785. The van der Waals surface area contributed by atoms with Crippen LogP contribution in [-0.4, -0.2) is 28.9 Å². The summed E-state index contributed by atoms with van der Waals surface area (Å²) in [4.78, 5) is 18.4. The molecule has 3 heteroatoms. The van der Waals surface area contributed by atoms with Gasteiger partial charge in [-0.05, 0) is 30.4 Å². The highest BCUT2D eigenvalue weighted by Gasteiger charge is 2.23. The van der Waals surface area contributed by atoms with Crippen molar-refractivity contribution in [2.75, 3.05) is 13.1 Å². The van der Waals surface area contributed by atoms with Crippen LogP contribution in [0.5, 0.6) is 0 Å². The van der Waals surface area contributed by atoms with Gasteiger partial charge >= 0.3 is 0 Å². The molecule has 0 radical (unpaired) electrons. The standard InChI is InChI=1S/C13H18N2O/c1-10(2)11-6-5-7-14-12(11)13(16)15-8-3-4-9-15/h5-7,10H,3-4,8-9H2,1-2H3. The fourth-order valence-electron chi connectivity index (χ4n) is 2.13. The van der Waals surface area contributed by atoms with Crippen molar-refractivity contribution in [3.8, 4) is 0 Å². The normalized spacial score (nSPS) is 15.8. The molecule has 1 aliphatic heterocycles. The maximum absolute atomic E-state index is 12.2. The van der Waals surface area contributed by atoms with E-state index in [1.165, 1.54) is 0 Å². The summed E-state index contributed by atoms with van der Waals surface area (Å²) in [5, 5.41) is 0. The van der Waals surface area contributed by atoms with Crippen LogP contribution in [0.3, 0.4) is 0 Å². The number of nitrogens with zero attached hydrogens (tertiary/aromatic N) is 2. The summed E-state index contributed by atoms with van der Waals surface area (Å²) >= 11 is 0. The molecule has 1 aromatic rings. The molecule has 1 aliphatic rings. The molecule has 0 N–H and O–H groups in total. The Hall–Kier alpha value is -1.38. The number of pyridine rings is 1.